The molecule has 0 atom stereocenters. The van der Waals surface area contributed by atoms with Gasteiger partial charge in [-0.05, 0) is 38.9 Å². The quantitative estimate of drug-likeness (QED) is 0.838. The molecule has 0 saturated carbocycles. The average molecular weight is 235 g/mol. The van der Waals surface area contributed by atoms with Crippen molar-refractivity contribution in [2.45, 2.75) is 34.1 Å². The molecular formula is C13H21N3O. The Hall–Kier alpha value is -1.42. The lowest BCUT2D eigenvalue weighted by atomic mass is 9.88. The van der Waals surface area contributed by atoms with E-state index in [1.54, 1.807) is 0 Å². The molecule has 0 spiro atoms. The highest BCUT2D eigenvalue weighted by Crippen LogP contribution is 2.23. The molecule has 0 aliphatic heterocycles. The maximum atomic E-state index is 12.1. The maximum Gasteiger partial charge on any atom is 0.230 e. The van der Waals surface area contributed by atoms with Gasteiger partial charge in [0.05, 0.1) is 11.4 Å². The Kier molecular flexibility index (Phi) is 4.23. The molecule has 4 heteroatoms. The normalized spacial score (nSPS) is 11.4. The van der Waals surface area contributed by atoms with E-state index in [1.807, 2.05) is 39.8 Å². The minimum Gasteiger partial charge on any atom is -0.330 e. The van der Waals surface area contributed by atoms with Crippen molar-refractivity contribution in [2.24, 2.45) is 11.1 Å². The summed E-state index contributed by atoms with van der Waals surface area (Å²) in [5.74, 6) is -0.0169. The number of hydrogen-bond donors (Lipinski definition) is 2. The van der Waals surface area contributed by atoms with Crippen LogP contribution in [0.15, 0.2) is 12.1 Å². The number of anilines is 1. The molecule has 0 bridgehead atoms. The molecule has 0 unspecified atom stereocenters. The predicted octanol–water partition coefficient (Wildman–Crippen LogP) is 2.01. The average Bonchev–Trinajstić information content (AvgIpc) is 2.22. The molecule has 1 aromatic rings. The van der Waals surface area contributed by atoms with E-state index >= 15 is 0 Å². The summed E-state index contributed by atoms with van der Waals surface area (Å²) in [4.78, 5) is 16.4. The lowest BCUT2D eigenvalue weighted by molar-refractivity contribution is -0.124. The molecule has 0 aliphatic carbocycles. The third-order valence-corrected chi connectivity index (χ3v) is 2.86. The Morgan fingerprint density at radius 3 is 2.59 bits per heavy atom. The summed E-state index contributed by atoms with van der Waals surface area (Å²) in [5.41, 5.74) is 7.60. The van der Waals surface area contributed by atoms with Crippen molar-refractivity contribution < 1.29 is 4.79 Å². The minimum atomic E-state index is -0.452. The minimum absolute atomic E-state index is 0.0169. The van der Waals surface area contributed by atoms with Gasteiger partial charge in [-0.25, -0.2) is 0 Å². The second kappa shape index (κ2) is 5.27. The summed E-state index contributed by atoms with van der Waals surface area (Å²) in [5, 5.41) is 2.91. The van der Waals surface area contributed by atoms with Crippen LogP contribution in [-0.4, -0.2) is 17.4 Å². The summed E-state index contributed by atoms with van der Waals surface area (Å²) < 4.78 is 0. The first-order valence-electron chi connectivity index (χ1n) is 5.82. The molecule has 1 heterocycles. The second-order valence-electron chi connectivity index (χ2n) is 4.96. The number of carbonyl (C=O) groups excluding carboxylic acids is 1. The number of rotatable bonds is 4. The number of hydrogen-bond acceptors (Lipinski definition) is 3. The summed E-state index contributed by atoms with van der Waals surface area (Å²) in [6.45, 7) is 8.11. The molecule has 0 aliphatic rings. The number of aryl methyl sites for hydroxylation is 2. The smallest absolute Gasteiger partial charge is 0.230 e. The standard InChI is InChI=1S/C13H21N3O/c1-9-5-6-11(10(2)15-9)16-12(17)13(3,4)7-8-14/h5-6H,7-8,14H2,1-4H3,(H,16,17). The van der Waals surface area contributed by atoms with Gasteiger partial charge in [0, 0.05) is 11.1 Å². The Balaban J connectivity index is 2.81. The van der Waals surface area contributed by atoms with Crippen molar-refractivity contribution in [1.29, 1.82) is 0 Å². The van der Waals surface area contributed by atoms with Crippen molar-refractivity contribution in [3.05, 3.63) is 23.5 Å². The summed E-state index contributed by atoms with van der Waals surface area (Å²) in [7, 11) is 0. The van der Waals surface area contributed by atoms with Gasteiger partial charge >= 0.3 is 0 Å². The highest BCUT2D eigenvalue weighted by molar-refractivity contribution is 5.95. The number of nitrogens with zero attached hydrogens (tertiary/aromatic N) is 1. The summed E-state index contributed by atoms with van der Waals surface area (Å²) in [6, 6.07) is 3.77. The highest BCUT2D eigenvalue weighted by atomic mass is 16.2. The zero-order valence-corrected chi connectivity index (χ0v) is 11.0. The molecule has 4 nitrogen and oxygen atoms in total. The second-order valence-corrected chi connectivity index (χ2v) is 4.96. The lowest BCUT2D eigenvalue weighted by Crippen LogP contribution is -2.33. The molecule has 1 amide bonds. The van der Waals surface area contributed by atoms with E-state index in [0.29, 0.717) is 13.0 Å². The van der Waals surface area contributed by atoms with Crippen LogP contribution in [0, 0.1) is 19.3 Å². The fourth-order valence-corrected chi connectivity index (χ4v) is 1.58. The molecular weight excluding hydrogens is 214 g/mol. The van der Waals surface area contributed by atoms with Gasteiger partial charge in [-0.15, -0.1) is 0 Å². The summed E-state index contributed by atoms with van der Waals surface area (Å²) in [6.07, 6.45) is 0.664. The number of nitrogens with one attached hydrogen (secondary N) is 1. The molecule has 0 radical (unpaired) electrons. The fourth-order valence-electron chi connectivity index (χ4n) is 1.58. The highest BCUT2D eigenvalue weighted by Gasteiger charge is 2.26. The molecule has 94 valence electrons. The van der Waals surface area contributed by atoms with E-state index < -0.39 is 5.41 Å². The van der Waals surface area contributed by atoms with Crippen molar-refractivity contribution in [1.82, 2.24) is 4.98 Å². The Bertz CT molecular complexity index is 413. The van der Waals surface area contributed by atoms with Gasteiger partial charge in [0.2, 0.25) is 5.91 Å². The van der Waals surface area contributed by atoms with Gasteiger partial charge in [0.15, 0.2) is 0 Å². The van der Waals surface area contributed by atoms with Gasteiger partial charge < -0.3 is 11.1 Å². The monoisotopic (exact) mass is 235 g/mol. The predicted molar refractivity (Wildman–Crippen MR) is 69.8 cm³/mol. The van der Waals surface area contributed by atoms with Crippen LogP contribution in [0.25, 0.3) is 0 Å². The Morgan fingerprint density at radius 2 is 2.06 bits per heavy atom. The summed E-state index contributed by atoms with van der Waals surface area (Å²) >= 11 is 0. The van der Waals surface area contributed by atoms with E-state index in [0.717, 1.165) is 17.1 Å². The number of carbonyl (C=O) groups is 1. The molecule has 0 saturated heterocycles. The zero-order chi connectivity index (χ0) is 13.1. The third kappa shape index (κ3) is 3.53. The van der Waals surface area contributed by atoms with E-state index in [2.05, 4.69) is 10.3 Å². The molecule has 0 fully saturated rings. The molecule has 0 aromatic carbocycles. The number of nitrogens with two attached hydrogens (primary N) is 1. The van der Waals surface area contributed by atoms with Crippen LogP contribution in [0.3, 0.4) is 0 Å². The van der Waals surface area contributed by atoms with E-state index in [-0.39, 0.29) is 5.91 Å². The first-order valence-corrected chi connectivity index (χ1v) is 5.82. The van der Waals surface area contributed by atoms with Gasteiger partial charge in [-0.3, -0.25) is 9.78 Å². The largest absolute Gasteiger partial charge is 0.330 e. The maximum absolute atomic E-state index is 12.1. The van der Waals surface area contributed by atoms with Crippen LogP contribution in [-0.2, 0) is 4.79 Å². The number of pyridine rings is 1. The fraction of sp³-hybridized carbons (Fsp3) is 0.538. The number of amides is 1. The SMILES string of the molecule is Cc1ccc(NC(=O)C(C)(C)CCN)c(C)n1. The van der Waals surface area contributed by atoms with Crippen molar-refractivity contribution in [2.75, 3.05) is 11.9 Å². The van der Waals surface area contributed by atoms with Crippen LogP contribution < -0.4 is 11.1 Å². The Labute approximate surface area is 103 Å². The van der Waals surface area contributed by atoms with Crippen LogP contribution in [0.2, 0.25) is 0 Å². The lowest BCUT2D eigenvalue weighted by Gasteiger charge is -2.23. The van der Waals surface area contributed by atoms with Gasteiger partial charge in [0.1, 0.15) is 0 Å². The van der Waals surface area contributed by atoms with Crippen molar-refractivity contribution in [3.63, 3.8) is 0 Å². The van der Waals surface area contributed by atoms with Crippen LogP contribution in [0.5, 0.6) is 0 Å². The topological polar surface area (TPSA) is 68.0 Å². The van der Waals surface area contributed by atoms with Gasteiger partial charge in [0.25, 0.3) is 0 Å². The number of aromatic nitrogens is 1. The molecule has 17 heavy (non-hydrogen) atoms. The van der Waals surface area contributed by atoms with Crippen LogP contribution >= 0.6 is 0 Å². The first-order chi connectivity index (χ1) is 7.86. The Morgan fingerprint density at radius 1 is 1.41 bits per heavy atom. The van der Waals surface area contributed by atoms with Crippen molar-refractivity contribution >= 4 is 11.6 Å². The van der Waals surface area contributed by atoms with E-state index in [4.69, 9.17) is 5.73 Å². The van der Waals surface area contributed by atoms with Crippen LogP contribution in [0.1, 0.15) is 31.7 Å². The molecule has 1 rings (SSSR count). The third-order valence-electron chi connectivity index (χ3n) is 2.86. The zero-order valence-electron chi connectivity index (χ0n) is 11.0. The molecule has 3 N–H and O–H groups in total. The van der Waals surface area contributed by atoms with E-state index in [9.17, 15) is 4.79 Å². The first kappa shape index (κ1) is 13.6. The van der Waals surface area contributed by atoms with Gasteiger partial charge in [-0.1, -0.05) is 13.8 Å². The van der Waals surface area contributed by atoms with Gasteiger partial charge in [-0.2, -0.15) is 0 Å². The molecule has 1 aromatic heterocycles. The van der Waals surface area contributed by atoms with E-state index in [1.165, 1.54) is 0 Å². The van der Waals surface area contributed by atoms with Crippen molar-refractivity contribution in [3.8, 4) is 0 Å². The van der Waals surface area contributed by atoms with Crippen LogP contribution in [0.4, 0.5) is 5.69 Å².